The quantitative estimate of drug-likeness (QED) is 0.601. The molecule has 1 aliphatic carbocycles. The number of hydrogen-bond donors (Lipinski definition) is 2. The van der Waals surface area contributed by atoms with Gasteiger partial charge in [-0.15, -0.1) is 0 Å². The summed E-state index contributed by atoms with van der Waals surface area (Å²) in [6.07, 6.45) is 5.12. The van der Waals surface area contributed by atoms with Gasteiger partial charge in [0, 0.05) is 21.1 Å². The van der Waals surface area contributed by atoms with Gasteiger partial charge in [-0.2, -0.15) is 0 Å². The number of anilines is 1. The van der Waals surface area contributed by atoms with Crippen molar-refractivity contribution < 1.29 is 9.90 Å². The maximum Gasteiger partial charge on any atom is 0.326 e. The van der Waals surface area contributed by atoms with Crippen molar-refractivity contribution in [2.45, 2.75) is 25.3 Å². The molecule has 94 valence electrons. The number of carboxylic acid groups (broad SMARTS) is 1. The van der Waals surface area contributed by atoms with Crippen molar-refractivity contribution in [3.63, 3.8) is 0 Å². The van der Waals surface area contributed by atoms with Gasteiger partial charge >= 0.3 is 5.97 Å². The molecule has 1 aromatic carbocycles. The van der Waals surface area contributed by atoms with Crippen molar-refractivity contribution in [1.82, 2.24) is 0 Å². The summed E-state index contributed by atoms with van der Waals surface area (Å²) in [4.78, 5) is 11.4. The van der Waals surface area contributed by atoms with Gasteiger partial charge in [0.1, 0.15) is 6.04 Å². The zero-order valence-corrected chi connectivity index (χ0v) is 12.1. The molecular weight excluding hydrogens is 341 g/mol. The van der Waals surface area contributed by atoms with E-state index in [9.17, 15) is 9.90 Å². The number of aliphatic carboxylic acids is 1. The van der Waals surface area contributed by atoms with Crippen molar-refractivity contribution in [1.29, 1.82) is 0 Å². The van der Waals surface area contributed by atoms with Crippen LogP contribution in [-0.4, -0.2) is 17.1 Å². The molecule has 2 N–H and O–H groups in total. The molecule has 4 heteroatoms. The van der Waals surface area contributed by atoms with Gasteiger partial charge in [-0.05, 0) is 59.2 Å². The van der Waals surface area contributed by atoms with E-state index in [1.807, 2.05) is 6.92 Å². The molecule has 3 rings (SSSR count). The van der Waals surface area contributed by atoms with Crippen LogP contribution in [0.15, 0.2) is 24.3 Å². The van der Waals surface area contributed by atoms with Crippen LogP contribution in [-0.2, 0) is 4.79 Å². The highest BCUT2D eigenvalue weighted by Gasteiger charge is 2.41. The standard InChI is InChI=1S/C14H14INO2/c1-7-5-8(15)6-11-9-3-2-4-10(9)13(14(17)18)16-12(7)11/h2-3,5-6,9-10,13,16H,4H2,1H3,(H,17,18)/t9-,10+,13+/m1/s1. The van der Waals surface area contributed by atoms with Crippen LogP contribution in [0.2, 0.25) is 0 Å². The summed E-state index contributed by atoms with van der Waals surface area (Å²) in [6, 6.07) is 3.78. The molecule has 0 amide bonds. The van der Waals surface area contributed by atoms with Crippen molar-refractivity contribution in [3.8, 4) is 0 Å². The molecule has 1 aliphatic heterocycles. The second-order valence-electron chi connectivity index (χ2n) is 5.00. The number of benzene rings is 1. The summed E-state index contributed by atoms with van der Waals surface area (Å²) < 4.78 is 1.21. The Kier molecular flexibility index (Phi) is 2.84. The monoisotopic (exact) mass is 355 g/mol. The summed E-state index contributed by atoms with van der Waals surface area (Å²) in [5.41, 5.74) is 3.38. The van der Waals surface area contributed by atoms with E-state index in [0.29, 0.717) is 0 Å². The molecule has 2 aliphatic rings. The SMILES string of the molecule is Cc1cc(I)cc2c1N[C@H](C(=O)O)[C@H]1CC=C[C@@H]21. The van der Waals surface area contributed by atoms with Crippen LogP contribution in [0, 0.1) is 16.4 Å². The topological polar surface area (TPSA) is 49.3 Å². The first-order valence-corrected chi connectivity index (χ1v) is 7.12. The zero-order valence-electron chi connectivity index (χ0n) is 9.98. The smallest absolute Gasteiger partial charge is 0.326 e. The molecule has 0 saturated carbocycles. The Bertz CT molecular complexity index is 553. The van der Waals surface area contributed by atoms with Crippen LogP contribution >= 0.6 is 22.6 Å². The minimum Gasteiger partial charge on any atom is -0.480 e. The predicted octanol–water partition coefficient (Wildman–Crippen LogP) is 3.14. The van der Waals surface area contributed by atoms with E-state index in [2.05, 4.69) is 52.2 Å². The molecule has 1 heterocycles. The Morgan fingerprint density at radius 2 is 2.28 bits per heavy atom. The number of rotatable bonds is 1. The van der Waals surface area contributed by atoms with Crippen LogP contribution in [0.25, 0.3) is 0 Å². The van der Waals surface area contributed by atoms with Gasteiger partial charge in [-0.3, -0.25) is 0 Å². The predicted molar refractivity (Wildman–Crippen MR) is 78.9 cm³/mol. The molecule has 0 unspecified atom stereocenters. The highest BCUT2D eigenvalue weighted by Crippen LogP contribution is 2.46. The Labute approximate surface area is 119 Å². The fraction of sp³-hybridized carbons (Fsp3) is 0.357. The third kappa shape index (κ3) is 1.74. The molecule has 1 aromatic rings. The molecule has 3 nitrogen and oxygen atoms in total. The number of carboxylic acids is 1. The highest BCUT2D eigenvalue weighted by molar-refractivity contribution is 14.1. The average molecular weight is 355 g/mol. The lowest BCUT2D eigenvalue weighted by atomic mass is 9.78. The molecule has 18 heavy (non-hydrogen) atoms. The highest BCUT2D eigenvalue weighted by atomic mass is 127. The van der Waals surface area contributed by atoms with Crippen LogP contribution in [0.5, 0.6) is 0 Å². The lowest BCUT2D eigenvalue weighted by Crippen LogP contribution is -2.42. The van der Waals surface area contributed by atoms with Gasteiger partial charge in [-0.25, -0.2) is 4.79 Å². The lowest BCUT2D eigenvalue weighted by molar-refractivity contribution is -0.139. The van der Waals surface area contributed by atoms with E-state index in [1.54, 1.807) is 0 Å². The Morgan fingerprint density at radius 3 is 3.00 bits per heavy atom. The Hall–Kier alpha value is -1.04. The minimum absolute atomic E-state index is 0.146. The normalized spacial score (nSPS) is 28.4. The minimum atomic E-state index is -0.752. The molecule has 0 fully saturated rings. The van der Waals surface area contributed by atoms with E-state index in [1.165, 1.54) is 9.13 Å². The molecule has 0 bridgehead atoms. The second kappa shape index (κ2) is 4.26. The van der Waals surface area contributed by atoms with Crippen LogP contribution in [0.4, 0.5) is 5.69 Å². The molecule has 0 aromatic heterocycles. The van der Waals surface area contributed by atoms with E-state index in [-0.39, 0.29) is 11.8 Å². The first-order chi connectivity index (χ1) is 8.58. The first kappa shape index (κ1) is 12.0. The fourth-order valence-corrected chi connectivity index (χ4v) is 3.89. The number of fused-ring (bicyclic) bond motifs is 3. The van der Waals surface area contributed by atoms with E-state index >= 15 is 0 Å². The first-order valence-electron chi connectivity index (χ1n) is 6.04. The second-order valence-corrected chi connectivity index (χ2v) is 6.25. The lowest BCUT2D eigenvalue weighted by Gasteiger charge is -2.35. The van der Waals surface area contributed by atoms with Gasteiger partial charge in [0.05, 0.1) is 0 Å². The maximum absolute atomic E-state index is 11.4. The molecule has 0 radical (unpaired) electrons. The zero-order chi connectivity index (χ0) is 12.9. The van der Waals surface area contributed by atoms with Crippen molar-refractivity contribution in [3.05, 3.63) is 39.0 Å². The summed E-state index contributed by atoms with van der Waals surface area (Å²) in [7, 11) is 0. The summed E-state index contributed by atoms with van der Waals surface area (Å²) in [5.74, 6) is -0.360. The van der Waals surface area contributed by atoms with Crippen LogP contribution in [0.1, 0.15) is 23.5 Å². The number of carbonyl (C=O) groups is 1. The number of hydrogen-bond acceptors (Lipinski definition) is 2. The molecule has 0 saturated heterocycles. The molecule has 3 atom stereocenters. The van der Waals surface area contributed by atoms with Gasteiger partial charge in [-0.1, -0.05) is 12.2 Å². The van der Waals surface area contributed by atoms with Gasteiger partial charge in [0.15, 0.2) is 0 Å². The summed E-state index contributed by atoms with van der Waals surface area (Å²) in [6.45, 7) is 2.03. The molecular formula is C14H14INO2. The number of allylic oxidation sites excluding steroid dienone is 2. The molecule has 0 spiro atoms. The van der Waals surface area contributed by atoms with Gasteiger partial charge < -0.3 is 10.4 Å². The average Bonchev–Trinajstić information content (AvgIpc) is 2.76. The summed E-state index contributed by atoms with van der Waals surface area (Å²) in [5, 5.41) is 12.6. The van der Waals surface area contributed by atoms with E-state index in [0.717, 1.165) is 17.7 Å². The van der Waals surface area contributed by atoms with E-state index in [4.69, 9.17) is 0 Å². The van der Waals surface area contributed by atoms with Crippen LogP contribution < -0.4 is 5.32 Å². The van der Waals surface area contributed by atoms with E-state index < -0.39 is 12.0 Å². The van der Waals surface area contributed by atoms with Crippen LogP contribution in [0.3, 0.4) is 0 Å². The Morgan fingerprint density at radius 1 is 1.50 bits per heavy atom. The third-order valence-electron chi connectivity index (χ3n) is 3.90. The number of halogens is 1. The summed E-state index contributed by atoms with van der Waals surface area (Å²) >= 11 is 2.32. The maximum atomic E-state index is 11.4. The van der Waals surface area contributed by atoms with Crippen molar-refractivity contribution >= 4 is 34.2 Å². The fourth-order valence-electron chi connectivity index (χ4n) is 3.09. The van der Waals surface area contributed by atoms with Gasteiger partial charge in [0.25, 0.3) is 0 Å². The third-order valence-corrected chi connectivity index (χ3v) is 4.52. The van der Waals surface area contributed by atoms with Crippen molar-refractivity contribution in [2.75, 3.05) is 5.32 Å². The van der Waals surface area contributed by atoms with Crippen molar-refractivity contribution in [2.24, 2.45) is 5.92 Å². The number of nitrogens with one attached hydrogen (secondary N) is 1. The number of aryl methyl sites for hydroxylation is 1. The largest absolute Gasteiger partial charge is 0.480 e. The van der Waals surface area contributed by atoms with Gasteiger partial charge in [0.2, 0.25) is 0 Å². The Balaban J connectivity index is 2.14.